The first kappa shape index (κ1) is 13.4. The Kier molecular flexibility index (Phi) is 5.72. The molecular weight excluding hydrogens is 180 g/mol. The summed E-state index contributed by atoms with van der Waals surface area (Å²) in [7, 11) is 0. The van der Waals surface area contributed by atoms with Crippen LogP contribution in [0.2, 0.25) is 0 Å². The van der Waals surface area contributed by atoms with Gasteiger partial charge in [-0.3, -0.25) is 9.63 Å². The molecular formula is C10H22N2O2. The fraction of sp³-hybridized carbons (Fsp3) is 0.900. The fourth-order valence-corrected chi connectivity index (χ4v) is 1.02. The van der Waals surface area contributed by atoms with Gasteiger partial charge in [-0.1, -0.05) is 27.2 Å². The van der Waals surface area contributed by atoms with Crippen LogP contribution in [0.25, 0.3) is 0 Å². The molecule has 0 aromatic rings. The van der Waals surface area contributed by atoms with E-state index in [-0.39, 0.29) is 5.91 Å². The van der Waals surface area contributed by atoms with Crippen molar-refractivity contribution in [2.45, 2.75) is 46.1 Å². The zero-order chi connectivity index (χ0) is 11.2. The van der Waals surface area contributed by atoms with Crippen molar-refractivity contribution in [2.75, 3.05) is 6.61 Å². The van der Waals surface area contributed by atoms with Crippen LogP contribution in [0.15, 0.2) is 0 Å². The monoisotopic (exact) mass is 202 g/mol. The Morgan fingerprint density at radius 3 is 2.57 bits per heavy atom. The first-order chi connectivity index (χ1) is 6.40. The van der Waals surface area contributed by atoms with Crippen molar-refractivity contribution < 1.29 is 9.63 Å². The lowest BCUT2D eigenvalue weighted by Gasteiger charge is -2.22. The van der Waals surface area contributed by atoms with E-state index in [1.807, 2.05) is 20.8 Å². The topological polar surface area (TPSA) is 64.4 Å². The number of hydrogen-bond donors (Lipinski definition) is 2. The molecule has 0 radical (unpaired) electrons. The van der Waals surface area contributed by atoms with Crippen LogP contribution in [0, 0.1) is 5.92 Å². The Morgan fingerprint density at radius 2 is 2.14 bits per heavy atom. The second-order valence-electron chi connectivity index (χ2n) is 4.30. The van der Waals surface area contributed by atoms with E-state index in [0.717, 1.165) is 6.42 Å². The van der Waals surface area contributed by atoms with E-state index in [2.05, 4.69) is 5.48 Å². The molecule has 1 atom stereocenters. The van der Waals surface area contributed by atoms with Crippen LogP contribution >= 0.6 is 0 Å². The van der Waals surface area contributed by atoms with Crippen LogP contribution < -0.4 is 11.2 Å². The minimum Gasteiger partial charge on any atom is -0.318 e. The van der Waals surface area contributed by atoms with Gasteiger partial charge in [0.25, 0.3) is 5.91 Å². The molecule has 0 fully saturated rings. The Balaban J connectivity index is 3.83. The van der Waals surface area contributed by atoms with E-state index >= 15 is 0 Å². The molecule has 0 spiro atoms. The Hall–Kier alpha value is -0.610. The second-order valence-corrected chi connectivity index (χ2v) is 4.30. The molecule has 14 heavy (non-hydrogen) atoms. The molecule has 0 rings (SSSR count). The maximum Gasteiger partial charge on any atom is 0.263 e. The average Bonchev–Trinajstić information content (AvgIpc) is 2.03. The highest BCUT2D eigenvalue weighted by atomic mass is 16.7. The smallest absolute Gasteiger partial charge is 0.263 e. The Morgan fingerprint density at radius 1 is 1.57 bits per heavy atom. The van der Waals surface area contributed by atoms with Crippen LogP contribution in [0.1, 0.15) is 40.5 Å². The summed E-state index contributed by atoms with van der Waals surface area (Å²) in [6, 6.07) is 0. The molecule has 0 aliphatic carbocycles. The van der Waals surface area contributed by atoms with Crippen molar-refractivity contribution in [1.29, 1.82) is 0 Å². The van der Waals surface area contributed by atoms with Gasteiger partial charge in [0.2, 0.25) is 0 Å². The summed E-state index contributed by atoms with van der Waals surface area (Å²) in [6.07, 6.45) is 1.54. The molecule has 84 valence electrons. The zero-order valence-electron chi connectivity index (χ0n) is 9.59. The predicted octanol–water partition coefficient (Wildman–Crippen LogP) is 1.21. The van der Waals surface area contributed by atoms with Crippen molar-refractivity contribution in [2.24, 2.45) is 11.7 Å². The molecule has 1 amide bonds. The van der Waals surface area contributed by atoms with E-state index in [1.54, 1.807) is 6.92 Å². The summed E-state index contributed by atoms with van der Waals surface area (Å²) in [5, 5.41) is 0. The number of rotatable bonds is 6. The molecule has 0 aromatic heterocycles. The van der Waals surface area contributed by atoms with Crippen LogP contribution in [0.3, 0.4) is 0 Å². The third-order valence-corrected chi connectivity index (χ3v) is 1.87. The van der Waals surface area contributed by atoms with Gasteiger partial charge in [0.1, 0.15) is 0 Å². The first-order valence-electron chi connectivity index (χ1n) is 5.11. The molecule has 0 bridgehead atoms. The minimum absolute atomic E-state index is 0.250. The molecule has 0 heterocycles. The van der Waals surface area contributed by atoms with E-state index < -0.39 is 5.54 Å². The molecule has 1 unspecified atom stereocenters. The molecule has 4 nitrogen and oxygen atoms in total. The quantitative estimate of drug-likeness (QED) is 0.636. The van der Waals surface area contributed by atoms with Crippen molar-refractivity contribution in [3.63, 3.8) is 0 Å². The Labute approximate surface area is 86.1 Å². The molecule has 0 aromatic carbocycles. The van der Waals surface area contributed by atoms with Crippen LogP contribution in [-0.2, 0) is 9.63 Å². The second kappa shape index (κ2) is 5.98. The van der Waals surface area contributed by atoms with Gasteiger partial charge in [-0.25, -0.2) is 5.48 Å². The molecule has 0 saturated carbocycles. The van der Waals surface area contributed by atoms with E-state index in [1.165, 1.54) is 0 Å². The van der Waals surface area contributed by atoms with E-state index in [4.69, 9.17) is 10.6 Å². The van der Waals surface area contributed by atoms with Gasteiger partial charge in [-0.2, -0.15) is 0 Å². The maximum atomic E-state index is 11.5. The number of amides is 1. The molecule has 0 aliphatic heterocycles. The third-order valence-electron chi connectivity index (χ3n) is 1.87. The van der Waals surface area contributed by atoms with Crippen molar-refractivity contribution >= 4 is 5.91 Å². The SMILES string of the molecule is CCCC(C)(N)C(=O)NOCC(C)C. The van der Waals surface area contributed by atoms with E-state index in [9.17, 15) is 4.79 Å². The summed E-state index contributed by atoms with van der Waals surface area (Å²) in [4.78, 5) is 16.5. The normalized spacial score (nSPS) is 15.3. The molecule has 4 heteroatoms. The van der Waals surface area contributed by atoms with Crippen molar-refractivity contribution in [3.8, 4) is 0 Å². The third kappa shape index (κ3) is 5.19. The summed E-state index contributed by atoms with van der Waals surface area (Å²) in [5.74, 6) is 0.144. The minimum atomic E-state index is -0.828. The van der Waals surface area contributed by atoms with Crippen LogP contribution in [0.4, 0.5) is 0 Å². The van der Waals surface area contributed by atoms with Crippen molar-refractivity contribution in [1.82, 2.24) is 5.48 Å². The number of nitrogens with one attached hydrogen (secondary N) is 1. The van der Waals surface area contributed by atoms with Gasteiger partial charge in [-0.15, -0.1) is 0 Å². The molecule has 3 N–H and O–H groups in total. The number of nitrogens with two attached hydrogens (primary N) is 1. The number of carbonyl (C=O) groups excluding carboxylic acids is 1. The van der Waals surface area contributed by atoms with Crippen LogP contribution in [0.5, 0.6) is 0 Å². The number of hydrogen-bond acceptors (Lipinski definition) is 3. The molecule has 0 aliphatic rings. The summed E-state index contributed by atoms with van der Waals surface area (Å²) in [5.41, 5.74) is 7.34. The summed E-state index contributed by atoms with van der Waals surface area (Å²) >= 11 is 0. The highest BCUT2D eigenvalue weighted by Gasteiger charge is 2.27. The largest absolute Gasteiger partial charge is 0.318 e. The van der Waals surface area contributed by atoms with E-state index in [0.29, 0.717) is 18.9 Å². The lowest BCUT2D eigenvalue weighted by molar-refractivity contribution is -0.139. The summed E-state index contributed by atoms with van der Waals surface area (Å²) in [6.45, 7) is 8.24. The maximum absolute atomic E-state index is 11.5. The number of carbonyl (C=O) groups is 1. The zero-order valence-corrected chi connectivity index (χ0v) is 9.59. The van der Waals surface area contributed by atoms with Gasteiger partial charge < -0.3 is 5.73 Å². The number of hydroxylamine groups is 1. The van der Waals surface area contributed by atoms with Gasteiger partial charge in [0.15, 0.2) is 0 Å². The lowest BCUT2D eigenvalue weighted by atomic mass is 9.97. The van der Waals surface area contributed by atoms with Gasteiger partial charge in [-0.05, 0) is 19.3 Å². The predicted molar refractivity (Wildman–Crippen MR) is 56.4 cm³/mol. The van der Waals surface area contributed by atoms with Gasteiger partial charge >= 0.3 is 0 Å². The molecule has 0 saturated heterocycles. The van der Waals surface area contributed by atoms with Gasteiger partial charge in [0, 0.05) is 0 Å². The van der Waals surface area contributed by atoms with Crippen molar-refractivity contribution in [3.05, 3.63) is 0 Å². The van der Waals surface area contributed by atoms with Gasteiger partial charge in [0.05, 0.1) is 12.1 Å². The van der Waals surface area contributed by atoms with Crippen LogP contribution in [-0.4, -0.2) is 18.1 Å². The average molecular weight is 202 g/mol. The highest BCUT2D eigenvalue weighted by molar-refractivity contribution is 5.84. The highest BCUT2D eigenvalue weighted by Crippen LogP contribution is 2.08. The lowest BCUT2D eigenvalue weighted by Crippen LogP contribution is -2.51. The standard InChI is InChI=1S/C10H22N2O2/c1-5-6-10(4,11)9(13)12-14-7-8(2)3/h8H,5-7,11H2,1-4H3,(H,12,13). The Bertz CT molecular complexity index is 179. The fourth-order valence-electron chi connectivity index (χ4n) is 1.02. The summed E-state index contributed by atoms with van der Waals surface area (Å²) < 4.78 is 0. The first-order valence-corrected chi connectivity index (χ1v) is 5.11.